The molecule has 0 aliphatic rings. The molecule has 3 unspecified atom stereocenters. The highest BCUT2D eigenvalue weighted by Crippen LogP contribution is 2.21. The van der Waals surface area contributed by atoms with Crippen molar-refractivity contribution in [3.63, 3.8) is 0 Å². The van der Waals surface area contributed by atoms with Crippen LogP contribution in [-0.2, 0) is 0 Å². The quantitative estimate of drug-likeness (QED) is 0.749. The van der Waals surface area contributed by atoms with Crippen molar-refractivity contribution in [1.29, 1.82) is 0 Å². The number of hydrogen-bond donors (Lipinski definition) is 1. The second kappa shape index (κ2) is 6.90. The van der Waals surface area contributed by atoms with Crippen molar-refractivity contribution in [2.75, 3.05) is 0 Å². The molecule has 0 aromatic heterocycles. The average molecular weight is 269 g/mol. The molecule has 1 nitrogen and oxygen atoms in total. The van der Waals surface area contributed by atoms with Crippen molar-refractivity contribution in [3.8, 4) is 0 Å². The molecule has 0 heterocycles. The van der Waals surface area contributed by atoms with Crippen molar-refractivity contribution in [2.24, 2.45) is 5.92 Å². The highest BCUT2D eigenvalue weighted by molar-refractivity contribution is 5.83. The van der Waals surface area contributed by atoms with E-state index >= 15 is 0 Å². The third-order valence-electron chi connectivity index (χ3n) is 4.26. The molecule has 0 saturated heterocycles. The lowest BCUT2D eigenvalue weighted by Crippen LogP contribution is -2.30. The predicted molar refractivity (Wildman–Crippen MR) is 89.0 cm³/mol. The first-order valence-corrected chi connectivity index (χ1v) is 7.85. The van der Waals surface area contributed by atoms with E-state index in [9.17, 15) is 0 Å². The summed E-state index contributed by atoms with van der Waals surface area (Å²) >= 11 is 0. The fraction of sp³-hybridized carbons (Fsp3) is 0.474. The Morgan fingerprint density at radius 1 is 0.950 bits per heavy atom. The van der Waals surface area contributed by atoms with Crippen LogP contribution in [0.2, 0.25) is 0 Å². The van der Waals surface area contributed by atoms with Gasteiger partial charge >= 0.3 is 0 Å². The summed E-state index contributed by atoms with van der Waals surface area (Å²) in [7, 11) is 0. The molecule has 0 fully saturated rings. The van der Waals surface area contributed by atoms with Crippen LogP contribution in [0.25, 0.3) is 10.8 Å². The number of fused-ring (bicyclic) bond motifs is 1. The zero-order chi connectivity index (χ0) is 14.5. The van der Waals surface area contributed by atoms with Crippen molar-refractivity contribution in [3.05, 3.63) is 48.0 Å². The fourth-order valence-corrected chi connectivity index (χ4v) is 2.84. The third kappa shape index (κ3) is 3.83. The lowest BCUT2D eigenvalue weighted by molar-refractivity contribution is 0.385. The first kappa shape index (κ1) is 15.1. The van der Waals surface area contributed by atoms with E-state index in [1.165, 1.54) is 29.2 Å². The van der Waals surface area contributed by atoms with E-state index < -0.39 is 0 Å². The fourth-order valence-electron chi connectivity index (χ4n) is 2.84. The minimum atomic E-state index is 0.402. The van der Waals surface area contributed by atoms with E-state index in [2.05, 4.69) is 75.5 Å². The van der Waals surface area contributed by atoms with E-state index in [0.29, 0.717) is 12.1 Å². The zero-order valence-electron chi connectivity index (χ0n) is 13.2. The number of hydrogen-bond acceptors (Lipinski definition) is 1. The molecule has 0 radical (unpaired) electrons. The smallest absolute Gasteiger partial charge is 0.0294 e. The number of rotatable bonds is 6. The Kier molecular flexibility index (Phi) is 5.19. The Bertz CT molecular complexity index is 546. The predicted octanol–water partition coefficient (Wildman–Crippen LogP) is 5.32. The van der Waals surface area contributed by atoms with Crippen LogP contribution in [0, 0.1) is 5.92 Å². The van der Waals surface area contributed by atoms with E-state index in [1.54, 1.807) is 0 Å². The van der Waals surface area contributed by atoms with Crippen LogP contribution in [-0.4, -0.2) is 6.04 Å². The largest absolute Gasteiger partial charge is 0.308 e. The molecular weight excluding hydrogens is 242 g/mol. The van der Waals surface area contributed by atoms with Gasteiger partial charge in [0, 0.05) is 12.1 Å². The summed E-state index contributed by atoms with van der Waals surface area (Å²) < 4.78 is 0. The molecule has 1 N–H and O–H groups in total. The molecule has 0 amide bonds. The summed E-state index contributed by atoms with van der Waals surface area (Å²) in [6.07, 6.45) is 2.50. The van der Waals surface area contributed by atoms with Gasteiger partial charge in [-0.3, -0.25) is 0 Å². The molecule has 1 heteroatoms. The lowest BCUT2D eigenvalue weighted by atomic mass is 9.98. The Hall–Kier alpha value is -1.34. The Morgan fingerprint density at radius 3 is 2.35 bits per heavy atom. The first-order valence-electron chi connectivity index (χ1n) is 7.85. The molecule has 20 heavy (non-hydrogen) atoms. The Balaban J connectivity index is 2.05. The van der Waals surface area contributed by atoms with Crippen LogP contribution in [0.5, 0.6) is 0 Å². The van der Waals surface area contributed by atoms with E-state index in [0.717, 1.165) is 5.92 Å². The molecule has 0 saturated carbocycles. The molecule has 3 atom stereocenters. The number of benzene rings is 2. The van der Waals surface area contributed by atoms with Crippen LogP contribution < -0.4 is 5.32 Å². The summed E-state index contributed by atoms with van der Waals surface area (Å²) in [5.41, 5.74) is 1.37. The van der Waals surface area contributed by atoms with Gasteiger partial charge in [-0.25, -0.2) is 0 Å². The van der Waals surface area contributed by atoms with E-state index in [1.807, 2.05) is 0 Å². The minimum Gasteiger partial charge on any atom is -0.308 e. The van der Waals surface area contributed by atoms with Crippen molar-refractivity contribution < 1.29 is 0 Å². The van der Waals surface area contributed by atoms with Gasteiger partial charge < -0.3 is 5.32 Å². The van der Waals surface area contributed by atoms with Gasteiger partial charge in [-0.1, -0.05) is 56.7 Å². The lowest BCUT2D eigenvalue weighted by Gasteiger charge is -2.23. The van der Waals surface area contributed by atoms with Crippen LogP contribution >= 0.6 is 0 Å². The molecule has 0 aliphatic carbocycles. The maximum atomic E-state index is 3.73. The van der Waals surface area contributed by atoms with Gasteiger partial charge in [0.15, 0.2) is 0 Å². The Labute approximate surface area is 123 Å². The molecule has 2 aromatic rings. The summed E-state index contributed by atoms with van der Waals surface area (Å²) in [5.74, 6) is 0.793. The average Bonchev–Trinajstić information content (AvgIpc) is 2.46. The molecule has 2 aromatic carbocycles. The SMILES string of the molecule is CCC(C)CC(C)NC(C)c1ccc2ccccc2c1. The van der Waals surface area contributed by atoms with Gasteiger partial charge in [0.25, 0.3) is 0 Å². The van der Waals surface area contributed by atoms with Crippen molar-refractivity contribution in [2.45, 2.75) is 52.6 Å². The summed E-state index contributed by atoms with van der Waals surface area (Å²) in [6, 6.07) is 16.3. The second-order valence-electron chi connectivity index (χ2n) is 6.15. The normalized spacial score (nSPS) is 16.0. The van der Waals surface area contributed by atoms with Gasteiger partial charge in [-0.05, 0) is 48.6 Å². The summed E-state index contributed by atoms with van der Waals surface area (Å²) in [4.78, 5) is 0. The van der Waals surface area contributed by atoms with Gasteiger partial charge in [0.1, 0.15) is 0 Å². The first-order chi connectivity index (χ1) is 9.60. The van der Waals surface area contributed by atoms with E-state index in [-0.39, 0.29) is 0 Å². The molecule has 0 bridgehead atoms. The molecule has 108 valence electrons. The monoisotopic (exact) mass is 269 g/mol. The van der Waals surface area contributed by atoms with Crippen LogP contribution in [0.3, 0.4) is 0 Å². The maximum absolute atomic E-state index is 3.73. The zero-order valence-corrected chi connectivity index (χ0v) is 13.2. The highest BCUT2D eigenvalue weighted by Gasteiger charge is 2.12. The standard InChI is InChI=1S/C19H27N/c1-5-14(2)12-15(3)20-16(4)18-11-10-17-8-6-7-9-19(17)13-18/h6-11,13-16,20H,5,12H2,1-4H3. The second-order valence-corrected chi connectivity index (χ2v) is 6.15. The van der Waals surface area contributed by atoms with Crippen molar-refractivity contribution >= 4 is 10.8 Å². The van der Waals surface area contributed by atoms with Crippen LogP contribution in [0.4, 0.5) is 0 Å². The van der Waals surface area contributed by atoms with Crippen molar-refractivity contribution in [1.82, 2.24) is 5.32 Å². The minimum absolute atomic E-state index is 0.402. The van der Waals surface area contributed by atoms with Gasteiger partial charge in [0.2, 0.25) is 0 Å². The molecule has 0 spiro atoms. The van der Waals surface area contributed by atoms with Crippen LogP contribution in [0.1, 0.15) is 52.1 Å². The Morgan fingerprint density at radius 2 is 1.65 bits per heavy atom. The van der Waals surface area contributed by atoms with Gasteiger partial charge in [-0.15, -0.1) is 0 Å². The maximum Gasteiger partial charge on any atom is 0.0294 e. The van der Waals surface area contributed by atoms with Gasteiger partial charge in [0.05, 0.1) is 0 Å². The highest BCUT2D eigenvalue weighted by atomic mass is 14.9. The molecule has 2 rings (SSSR count). The third-order valence-corrected chi connectivity index (χ3v) is 4.26. The van der Waals surface area contributed by atoms with E-state index in [4.69, 9.17) is 0 Å². The molecule has 0 aliphatic heterocycles. The van der Waals surface area contributed by atoms with Crippen LogP contribution in [0.15, 0.2) is 42.5 Å². The summed E-state index contributed by atoms with van der Waals surface area (Å²) in [5, 5.41) is 6.37. The number of nitrogens with one attached hydrogen (secondary N) is 1. The summed E-state index contributed by atoms with van der Waals surface area (Å²) in [6.45, 7) is 9.16. The molecular formula is C19H27N. The topological polar surface area (TPSA) is 12.0 Å². The van der Waals surface area contributed by atoms with Gasteiger partial charge in [-0.2, -0.15) is 0 Å².